The number of hydrogen-bond donors (Lipinski definition) is 1. The van der Waals surface area contributed by atoms with Gasteiger partial charge in [0.15, 0.2) is 5.12 Å². The first-order chi connectivity index (χ1) is 7.90. The third-order valence-electron chi connectivity index (χ3n) is 2.76. The highest BCUT2D eigenvalue weighted by Gasteiger charge is 2.33. The van der Waals surface area contributed by atoms with Crippen LogP contribution in [0.25, 0.3) is 0 Å². The van der Waals surface area contributed by atoms with Gasteiger partial charge < -0.3 is 10.0 Å². The van der Waals surface area contributed by atoms with Gasteiger partial charge in [0.05, 0.1) is 6.42 Å². The molecule has 0 aromatic rings. The van der Waals surface area contributed by atoms with Crippen molar-refractivity contribution in [2.75, 3.05) is 12.3 Å². The monoisotopic (exact) mass is 259 g/mol. The third kappa shape index (κ3) is 4.38. The van der Waals surface area contributed by atoms with E-state index < -0.39 is 5.97 Å². The van der Waals surface area contributed by atoms with E-state index in [1.807, 2.05) is 0 Å². The largest absolute Gasteiger partial charge is 0.481 e. The van der Waals surface area contributed by atoms with E-state index in [-0.39, 0.29) is 29.4 Å². The van der Waals surface area contributed by atoms with Gasteiger partial charge in [-0.25, -0.2) is 0 Å². The van der Waals surface area contributed by atoms with Crippen molar-refractivity contribution < 1.29 is 19.5 Å². The van der Waals surface area contributed by atoms with Crippen LogP contribution < -0.4 is 0 Å². The molecule has 5 nitrogen and oxygen atoms in total. The minimum Gasteiger partial charge on any atom is -0.481 e. The van der Waals surface area contributed by atoms with Crippen LogP contribution in [0.5, 0.6) is 0 Å². The first kappa shape index (κ1) is 14.0. The molecule has 1 fully saturated rings. The second-order valence-corrected chi connectivity index (χ2v) is 5.56. The van der Waals surface area contributed by atoms with Gasteiger partial charge in [0, 0.05) is 31.7 Å². The Hall–Kier alpha value is -1.04. The van der Waals surface area contributed by atoms with Crippen molar-refractivity contribution in [2.24, 2.45) is 5.92 Å². The van der Waals surface area contributed by atoms with Gasteiger partial charge in [-0.2, -0.15) is 0 Å². The van der Waals surface area contributed by atoms with E-state index in [0.717, 1.165) is 0 Å². The molecule has 0 saturated carbocycles. The maximum absolute atomic E-state index is 11.7. The highest BCUT2D eigenvalue weighted by molar-refractivity contribution is 8.13. The Morgan fingerprint density at radius 1 is 1.59 bits per heavy atom. The Kier molecular flexibility index (Phi) is 4.99. The fourth-order valence-electron chi connectivity index (χ4n) is 1.94. The Bertz CT molecular complexity index is 331. The number of nitrogens with zero attached hydrogens (tertiary/aromatic N) is 1. The molecular weight excluding hydrogens is 242 g/mol. The topological polar surface area (TPSA) is 74.7 Å². The molecule has 0 bridgehead atoms. The molecule has 1 rings (SSSR count). The maximum Gasteiger partial charge on any atom is 0.305 e. The number of carboxylic acid groups (broad SMARTS) is 1. The lowest BCUT2D eigenvalue weighted by molar-refractivity contribution is -0.139. The van der Waals surface area contributed by atoms with Gasteiger partial charge in [-0.15, -0.1) is 0 Å². The lowest BCUT2D eigenvalue weighted by Gasteiger charge is -2.23. The molecule has 96 valence electrons. The van der Waals surface area contributed by atoms with Crippen molar-refractivity contribution in [3.8, 4) is 0 Å². The molecule has 1 heterocycles. The molecule has 1 aliphatic heterocycles. The molecule has 17 heavy (non-hydrogen) atoms. The summed E-state index contributed by atoms with van der Waals surface area (Å²) in [6, 6.07) is -0.271. The van der Waals surface area contributed by atoms with Crippen LogP contribution >= 0.6 is 11.8 Å². The van der Waals surface area contributed by atoms with Gasteiger partial charge in [-0.1, -0.05) is 11.8 Å². The summed E-state index contributed by atoms with van der Waals surface area (Å²) >= 11 is 1.22. The molecule has 0 aromatic carbocycles. The zero-order valence-electron chi connectivity index (χ0n) is 10.0. The molecule has 1 aliphatic rings. The van der Waals surface area contributed by atoms with Gasteiger partial charge >= 0.3 is 5.97 Å². The Morgan fingerprint density at radius 3 is 2.76 bits per heavy atom. The second kappa shape index (κ2) is 6.05. The van der Waals surface area contributed by atoms with Crippen molar-refractivity contribution in [2.45, 2.75) is 32.7 Å². The van der Waals surface area contributed by atoms with Gasteiger partial charge in [-0.3, -0.25) is 14.4 Å². The van der Waals surface area contributed by atoms with E-state index in [1.165, 1.54) is 18.7 Å². The van der Waals surface area contributed by atoms with E-state index >= 15 is 0 Å². The number of aliphatic carboxylic acids is 1. The Labute approximate surface area is 105 Å². The van der Waals surface area contributed by atoms with Crippen molar-refractivity contribution in [1.82, 2.24) is 4.90 Å². The molecule has 2 atom stereocenters. The summed E-state index contributed by atoms with van der Waals surface area (Å²) in [4.78, 5) is 34.7. The smallest absolute Gasteiger partial charge is 0.305 e. The van der Waals surface area contributed by atoms with Crippen LogP contribution in [0.15, 0.2) is 0 Å². The zero-order chi connectivity index (χ0) is 13.0. The summed E-state index contributed by atoms with van der Waals surface area (Å²) in [6.07, 6.45) is 0.391. The molecule has 0 aliphatic carbocycles. The van der Waals surface area contributed by atoms with Crippen LogP contribution in [0.2, 0.25) is 0 Å². The minimum absolute atomic E-state index is 0.00657. The van der Waals surface area contributed by atoms with Crippen LogP contribution in [0.1, 0.15) is 26.7 Å². The highest BCUT2D eigenvalue weighted by atomic mass is 32.2. The first-order valence-electron chi connectivity index (χ1n) is 5.54. The average molecular weight is 259 g/mol. The summed E-state index contributed by atoms with van der Waals surface area (Å²) in [6.45, 7) is 3.81. The van der Waals surface area contributed by atoms with Crippen molar-refractivity contribution in [3.05, 3.63) is 0 Å². The van der Waals surface area contributed by atoms with Crippen molar-refractivity contribution >= 4 is 28.8 Å². The number of carbonyl (C=O) groups is 3. The van der Waals surface area contributed by atoms with Crippen LogP contribution in [0.3, 0.4) is 0 Å². The molecule has 1 amide bonds. The summed E-state index contributed by atoms with van der Waals surface area (Å²) in [5.74, 6) is -0.107. The fourth-order valence-corrected chi connectivity index (χ4v) is 2.64. The first-order valence-corrected chi connectivity index (χ1v) is 6.53. The summed E-state index contributed by atoms with van der Waals surface area (Å²) < 4.78 is 0. The molecule has 2 unspecified atom stereocenters. The number of amides is 1. The van der Waals surface area contributed by atoms with Gasteiger partial charge in [-0.05, 0) is 12.8 Å². The lowest BCUT2D eigenvalue weighted by atomic mass is 10.1. The summed E-state index contributed by atoms with van der Waals surface area (Å²) in [7, 11) is 0. The number of carboxylic acids is 1. The fraction of sp³-hybridized carbons (Fsp3) is 0.727. The van der Waals surface area contributed by atoms with Crippen molar-refractivity contribution in [1.29, 1.82) is 0 Å². The Morgan fingerprint density at radius 2 is 2.24 bits per heavy atom. The zero-order valence-corrected chi connectivity index (χ0v) is 10.8. The predicted molar refractivity (Wildman–Crippen MR) is 64.7 cm³/mol. The normalized spacial score (nSPS) is 21.6. The lowest BCUT2D eigenvalue weighted by Crippen LogP contribution is -2.36. The van der Waals surface area contributed by atoms with Crippen molar-refractivity contribution in [3.63, 3.8) is 0 Å². The number of carbonyl (C=O) groups excluding carboxylic acids is 2. The van der Waals surface area contributed by atoms with Crippen LogP contribution in [0.4, 0.5) is 0 Å². The molecule has 6 heteroatoms. The van der Waals surface area contributed by atoms with E-state index in [0.29, 0.717) is 18.7 Å². The molecule has 0 aromatic heterocycles. The van der Waals surface area contributed by atoms with E-state index in [1.54, 1.807) is 11.8 Å². The minimum atomic E-state index is -0.896. The van der Waals surface area contributed by atoms with E-state index in [4.69, 9.17) is 5.11 Å². The quantitative estimate of drug-likeness (QED) is 0.796. The number of thioether (sulfide) groups is 1. The average Bonchev–Trinajstić information content (AvgIpc) is 2.55. The van der Waals surface area contributed by atoms with E-state index in [2.05, 4.69) is 0 Å². The second-order valence-electron chi connectivity index (χ2n) is 4.37. The highest BCUT2D eigenvalue weighted by Crippen LogP contribution is 2.24. The molecular formula is C11H17NO4S. The van der Waals surface area contributed by atoms with Crippen LogP contribution in [0, 0.1) is 5.92 Å². The van der Waals surface area contributed by atoms with Crippen LogP contribution in [-0.4, -0.2) is 45.3 Å². The molecule has 0 spiro atoms. The third-order valence-corrected chi connectivity index (χ3v) is 3.81. The van der Waals surface area contributed by atoms with Gasteiger partial charge in [0.2, 0.25) is 5.91 Å². The SMILES string of the molecule is CC(=O)SCC1CC(=O)N(C(C)CC(=O)O)C1. The van der Waals surface area contributed by atoms with Gasteiger partial charge in [0.25, 0.3) is 0 Å². The molecule has 0 radical (unpaired) electrons. The van der Waals surface area contributed by atoms with Crippen LogP contribution in [-0.2, 0) is 14.4 Å². The maximum atomic E-state index is 11.7. The number of likely N-dealkylation sites (tertiary alicyclic amines) is 1. The number of hydrogen-bond acceptors (Lipinski definition) is 4. The standard InChI is InChI=1S/C11H17NO4S/c1-7(3-11(15)16)12-5-9(4-10(12)14)6-17-8(2)13/h7,9H,3-6H2,1-2H3,(H,15,16). The summed E-state index contributed by atoms with van der Waals surface area (Å²) in [5, 5.41) is 8.74. The van der Waals surface area contributed by atoms with Gasteiger partial charge in [0.1, 0.15) is 0 Å². The molecule has 1 saturated heterocycles. The summed E-state index contributed by atoms with van der Waals surface area (Å²) in [5.41, 5.74) is 0. The number of rotatable bonds is 5. The predicted octanol–water partition coefficient (Wildman–Crippen LogP) is 0.978. The Balaban J connectivity index is 2.46. The van der Waals surface area contributed by atoms with E-state index in [9.17, 15) is 14.4 Å². The molecule has 1 N–H and O–H groups in total.